The summed E-state index contributed by atoms with van der Waals surface area (Å²) in [4.78, 5) is 12.0. The maximum atomic E-state index is 12.0. The Bertz CT molecular complexity index is 670. The second kappa shape index (κ2) is 4.47. The fourth-order valence-electron chi connectivity index (χ4n) is 6.74. The Labute approximate surface area is 146 Å². The molecule has 3 unspecified atom stereocenters. The number of ketones is 1. The lowest BCUT2D eigenvalue weighted by Gasteiger charge is -2.60. The predicted molar refractivity (Wildman–Crippen MR) is 93.2 cm³/mol. The number of aliphatic hydroxyl groups is 1. The topological polar surface area (TPSA) is 37.3 Å². The summed E-state index contributed by atoms with van der Waals surface area (Å²) in [7, 11) is 7.92. The molecule has 0 aromatic carbocycles. The minimum Gasteiger partial charge on any atom is -0.388 e. The molecule has 1 spiro atoms. The van der Waals surface area contributed by atoms with Crippen molar-refractivity contribution in [2.24, 2.45) is 23.2 Å². The summed E-state index contributed by atoms with van der Waals surface area (Å²) >= 11 is 0. The van der Waals surface area contributed by atoms with E-state index in [2.05, 4.69) is 13.0 Å². The Morgan fingerprint density at radius 1 is 1.26 bits per heavy atom. The summed E-state index contributed by atoms with van der Waals surface area (Å²) in [6.45, 7) is 2.23. The van der Waals surface area contributed by atoms with Gasteiger partial charge in [0.25, 0.3) is 0 Å². The average molecular weight is 351 g/mol. The van der Waals surface area contributed by atoms with Crippen LogP contribution in [0.25, 0.3) is 0 Å². The molecule has 0 radical (unpaired) electrons. The van der Waals surface area contributed by atoms with Gasteiger partial charge in [-0.1, -0.05) is 18.6 Å². The molecule has 2 nitrogen and oxygen atoms in total. The van der Waals surface area contributed by atoms with Crippen LogP contribution < -0.4 is 0 Å². The van der Waals surface area contributed by atoms with Crippen molar-refractivity contribution >= 4 is 27.4 Å². The van der Waals surface area contributed by atoms with Gasteiger partial charge in [0, 0.05) is 11.8 Å². The molecule has 6 atom stereocenters. The minimum absolute atomic E-state index is 0.0394. The molecule has 4 heteroatoms. The zero-order valence-electron chi connectivity index (χ0n) is 13.5. The third-order valence-corrected chi connectivity index (χ3v) is 9.67. The van der Waals surface area contributed by atoms with Crippen LogP contribution in [0.3, 0.4) is 0 Å². The van der Waals surface area contributed by atoms with Crippen molar-refractivity contribution in [3.05, 3.63) is 23.3 Å². The van der Waals surface area contributed by atoms with Crippen molar-refractivity contribution in [1.82, 2.24) is 0 Å². The van der Waals surface area contributed by atoms with Crippen LogP contribution in [0.5, 0.6) is 0 Å². The molecule has 0 heterocycles. The van der Waals surface area contributed by atoms with Gasteiger partial charge in [-0.3, -0.25) is 4.79 Å². The lowest BCUT2D eigenvalue weighted by atomic mass is 9.50. The molecule has 3 fully saturated rings. The summed E-state index contributed by atoms with van der Waals surface area (Å²) in [5, 5.41) is 11.7. The van der Waals surface area contributed by atoms with E-state index in [9.17, 15) is 9.90 Å². The fraction of sp³-hybridized carbons (Fsp3) is 0.737. The van der Waals surface area contributed by atoms with Gasteiger partial charge in [-0.2, -0.15) is 0 Å². The van der Waals surface area contributed by atoms with Crippen molar-refractivity contribution in [2.75, 3.05) is 0 Å². The summed E-state index contributed by atoms with van der Waals surface area (Å²) in [6, 6.07) is 0. The fourth-order valence-corrected chi connectivity index (χ4v) is 8.50. The van der Waals surface area contributed by atoms with Gasteiger partial charge >= 0.3 is 0 Å². The summed E-state index contributed by atoms with van der Waals surface area (Å²) < 4.78 is -0.132. The van der Waals surface area contributed by atoms with Gasteiger partial charge in [0.1, 0.15) is 0 Å². The van der Waals surface area contributed by atoms with E-state index in [0.29, 0.717) is 24.2 Å². The van der Waals surface area contributed by atoms with Crippen LogP contribution in [0.15, 0.2) is 23.3 Å². The molecule has 124 valence electrons. The highest BCUT2D eigenvalue weighted by molar-refractivity contribution is 8.22. The summed E-state index contributed by atoms with van der Waals surface area (Å²) in [6.07, 6.45) is 10.9. The average Bonchev–Trinajstić information content (AvgIpc) is 3.18. The van der Waals surface area contributed by atoms with Crippen molar-refractivity contribution in [3.8, 4) is 0 Å². The molecule has 3 saturated carbocycles. The molecule has 5 rings (SSSR count). The van der Waals surface area contributed by atoms with Gasteiger partial charge in [0.05, 0.1) is 10.3 Å². The standard InChI is InChI=1S/C19H23ClO2S/c1-11-8-16-14(18(23-20)6-3-13(21)9-15(11)18)4-5-17-10-12(17)2-7-19(16,17)22/h9-11,14,16,22H,2-8H2,1H3/t11?,14?,16?,17-,18-,19+/m0/s1. The Morgan fingerprint density at radius 2 is 2.09 bits per heavy atom. The first-order chi connectivity index (χ1) is 11.0. The van der Waals surface area contributed by atoms with Crippen LogP contribution in [0, 0.1) is 23.2 Å². The Balaban J connectivity index is 1.61. The second-order valence-electron chi connectivity index (χ2n) is 8.49. The van der Waals surface area contributed by atoms with Crippen LogP contribution >= 0.6 is 21.7 Å². The smallest absolute Gasteiger partial charge is 0.155 e. The zero-order chi connectivity index (χ0) is 16.0. The highest BCUT2D eigenvalue weighted by Crippen LogP contribution is 2.74. The Kier molecular flexibility index (Phi) is 2.93. The first kappa shape index (κ1) is 15.0. The molecule has 0 bridgehead atoms. The Morgan fingerprint density at radius 3 is 2.83 bits per heavy atom. The predicted octanol–water partition coefficient (Wildman–Crippen LogP) is 4.42. The van der Waals surface area contributed by atoms with Gasteiger partial charge in [0.15, 0.2) is 5.78 Å². The number of hydrogen-bond donors (Lipinski definition) is 1. The van der Waals surface area contributed by atoms with E-state index in [-0.39, 0.29) is 15.9 Å². The second-order valence-corrected chi connectivity index (χ2v) is 9.83. The summed E-state index contributed by atoms with van der Waals surface area (Å²) in [5.41, 5.74) is 2.26. The molecule has 0 aromatic heterocycles. The molecular weight excluding hydrogens is 328 g/mol. The number of halogens is 1. The zero-order valence-corrected chi connectivity index (χ0v) is 15.1. The van der Waals surface area contributed by atoms with Crippen LogP contribution in [0.4, 0.5) is 0 Å². The van der Waals surface area contributed by atoms with E-state index in [0.717, 1.165) is 38.5 Å². The number of hydrogen-bond acceptors (Lipinski definition) is 3. The van der Waals surface area contributed by atoms with E-state index in [1.165, 1.54) is 22.1 Å². The molecule has 0 amide bonds. The lowest BCUT2D eigenvalue weighted by molar-refractivity contribution is -0.133. The number of carbonyl (C=O) groups is 1. The molecule has 5 aliphatic rings. The van der Waals surface area contributed by atoms with Gasteiger partial charge in [0.2, 0.25) is 0 Å². The minimum atomic E-state index is -0.549. The van der Waals surface area contributed by atoms with Crippen molar-refractivity contribution in [2.45, 2.75) is 62.2 Å². The van der Waals surface area contributed by atoms with Gasteiger partial charge in [-0.25, -0.2) is 0 Å². The number of carbonyl (C=O) groups excluding carboxylic acids is 1. The Hall–Kier alpha value is -0.250. The van der Waals surface area contributed by atoms with Crippen LogP contribution in [-0.2, 0) is 4.79 Å². The third-order valence-electron chi connectivity index (χ3n) is 7.83. The SMILES string of the molecule is CC1CC2C(CC[C@]34C=C3CC[C@@]24O)[C@@]2(SCl)CCC(=O)C=C12. The highest BCUT2D eigenvalue weighted by Gasteiger charge is 2.72. The largest absolute Gasteiger partial charge is 0.388 e. The van der Waals surface area contributed by atoms with Crippen molar-refractivity contribution < 1.29 is 9.90 Å². The molecule has 5 aliphatic carbocycles. The van der Waals surface area contributed by atoms with E-state index < -0.39 is 5.60 Å². The first-order valence-electron chi connectivity index (χ1n) is 8.96. The monoisotopic (exact) mass is 350 g/mol. The molecule has 0 aliphatic heterocycles. The van der Waals surface area contributed by atoms with Crippen molar-refractivity contribution in [3.63, 3.8) is 0 Å². The van der Waals surface area contributed by atoms with E-state index in [1.807, 2.05) is 6.08 Å². The van der Waals surface area contributed by atoms with Gasteiger partial charge in [-0.05, 0) is 89.6 Å². The molecule has 0 aromatic rings. The normalized spacial score (nSPS) is 53.5. The van der Waals surface area contributed by atoms with Crippen LogP contribution in [-0.4, -0.2) is 21.2 Å². The van der Waals surface area contributed by atoms with Gasteiger partial charge in [-0.15, -0.1) is 0 Å². The molecule has 23 heavy (non-hydrogen) atoms. The number of fused-ring (bicyclic) bond motifs is 4. The highest BCUT2D eigenvalue weighted by atomic mass is 35.7. The summed E-state index contributed by atoms with van der Waals surface area (Å²) in [5.74, 6) is 1.32. The maximum Gasteiger partial charge on any atom is 0.155 e. The third kappa shape index (κ3) is 1.60. The van der Waals surface area contributed by atoms with Crippen LogP contribution in [0.2, 0.25) is 0 Å². The van der Waals surface area contributed by atoms with E-state index >= 15 is 0 Å². The maximum absolute atomic E-state index is 12.0. The van der Waals surface area contributed by atoms with E-state index in [4.69, 9.17) is 10.7 Å². The molecular formula is C19H23ClO2S. The first-order valence-corrected chi connectivity index (χ1v) is 10.6. The lowest BCUT2D eigenvalue weighted by Crippen LogP contribution is -2.61. The molecule has 0 saturated heterocycles. The quantitative estimate of drug-likeness (QED) is 0.711. The van der Waals surface area contributed by atoms with Crippen molar-refractivity contribution in [1.29, 1.82) is 0 Å². The van der Waals surface area contributed by atoms with Crippen LogP contribution in [0.1, 0.15) is 51.9 Å². The van der Waals surface area contributed by atoms with Gasteiger partial charge < -0.3 is 5.11 Å². The number of rotatable bonds is 1. The van der Waals surface area contributed by atoms with E-state index in [1.54, 1.807) is 0 Å². The molecule has 1 N–H and O–H groups in total.